The van der Waals surface area contributed by atoms with Crippen LogP contribution >= 0.6 is 27.7 Å². The van der Waals surface area contributed by atoms with Gasteiger partial charge in [-0.3, -0.25) is 0 Å². The van der Waals surface area contributed by atoms with E-state index in [-0.39, 0.29) is 0 Å². The molecule has 2 unspecified atom stereocenters. The second-order valence-electron chi connectivity index (χ2n) is 4.02. The van der Waals surface area contributed by atoms with Gasteiger partial charge >= 0.3 is 0 Å². The molecule has 0 bridgehead atoms. The Labute approximate surface area is 104 Å². The van der Waals surface area contributed by atoms with Crippen molar-refractivity contribution in [2.24, 2.45) is 5.73 Å². The number of thioether (sulfide) groups is 1. The first-order valence-electron chi connectivity index (χ1n) is 5.36. The van der Waals surface area contributed by atoms with E-state index in [9.17, 15) is 0 Å². The molecular formula is C12H16BrNS. The first kappa shape index (κ1) is 11.5. The molecule has 1 nitrogen and oxygen atoms in total. The zero-order valence-corrected chi connectivity index (χ0v) is 11.1. The largest absolute Gasteiger partial charge is 0.327 e. The number of hydrogen-bond acceptors (Lipinski definition) is 2. The maximum Gasteiger partial charge on any atom is 0.0178 e. The van der Waals surface area contributed by atoms with Crippen molar-refractivity contribution in [2.45, 2.75) is 24.8 Å². The zero-order valence-electron chi connectivity index (χ0n) is 8.66. The van der Waals surface area contributed by atoms with Crippen LogP contribution in [0.4, 0.5) is 0 Å². The summed E-state index contributed by atoms with van der Waals surface area (Å²) in [6.45, 7) is 0. The molecule has 2 atom stereocenters. The van der Waals surface area contributed by atoms with Gasteiger partial charge in [0.15, 0.2) is 0 Å². The van der Waals surface area contributed by atoms with Gasteiger partial charge in [0.2, 0.25) is 0 Å². The van der Waals surface area contributed by atoms with Crippen molar-refractivity contribution in [2.75, 3.05) is 11.5 Å². The predicted molar refractivity (Wildman–Crippen MR) is 71.4 cm³/mol. The topological polar surface area (TPSA) is 26.0 Å². The molecule has 1 heterocycles. The minimum Gasteiger partial charge on any atom is -0.327 e. The fourth-order valence-electron chi connectivity index (χ4n) is 2.10. The van der Waals surface area contributed by atoms with E-state index in [1.54, 1.807) is 0 Å². The molecule has 2 N–H and O–H groups in total. The maximum absolute atomic E-state index is 6.23. The van der Waals surface area contributed by atoms with Crippen LogP contribution in [0.25, 0.3) is 0 Å². The number of hydrogen-bond donors (Lipinski definition) is 1. The van der Waals surface area contributed by atoms with Gasteiger partial charge in [-0.1, -0.05) is 28.1 Å². The lowest BCUT2D eigenvalue weighted by molar-refractivity contribution is 0.518. The Morgan fingerprint density at radius 3 is 2.87 bits per heavy atom. The molecule has 3 heteroatoms. The summed E-state index contributed by atoms with van der Waals surface area (Å²) in [6.07, 6.45) is 2.35. The van der Waals surface area contributed by atoms with Crippen molar-refractivity contribution >= 4 is 27.7 Å². The third-order valence-electron chi connectivity index (χ3n) is 2.96. The Morgan fingerprint density at radius 1 is 1.27 bits per heavy atom. The van der Waals surface area contributed by atoms with Crippen molar-refractivity contribution < 1.29 is 0 Å². The Morgan fingerprint density at radius 2 is 2.07 bits per heavy atom. The highest BCUT2D eigenvalue weighted by molar-refractivity contribution is 9.10. The zero-order chi connectivity index (χ0) is 10.7. The van der Waals surface area contributed by atoms with E-state index < -0.39 is 0 Å². The quantitative estimate of drug-likeness (QED) is 0.856. The summed E-state index contributed by atoms with van der Waals surface area (Å²) < 4.78 is 1.16. The van der Waals surface area contributed by atoms with Crippen LogP contribution in [0.2, 0.25) is 0 Å². The number of nitrogens with two attached hydrogens (primary N) is 1. The number of rotatable bonds is 1. The third kappa shape index (κ3) is 2.99. The average molecular weight is 286 g/mol. The van der Waals surface area contributed by atoms with Gasteiger partial charge < -0.3 is 5.73 Å². The van der Waals surface area contributed by atoms with E-state index in [0.29, 0.717) is 12.0 Å². The van der Waals surface area contributed by atoms with Crippen molar-refractivity contribution in [3.63, 3.8) is 0 Å². The van der Waals surface area contributed by atoms with Gasteiger partial charge in [0, 0.05) is 10.5 Å². The van der Waals surface area contributed by atoms with Crippen molar-refractivity contribution in [3.8, 4) is 0 Å². The Balaban J connectivity index is 2.20. The molecule has 0 aromatic heterocycles. The van der Waals surface area contributed by atoms with Gasteiger partial charge in [-0.2, -0.15) is 11.8 Å². The highest BCUT2D eigenvalue weighted by Crippen LogP contribution is 2.31. The second kappa shape index (κ2) is 5.37. The van der Waals surface area contributed by atoms with E-state index in [0.717, 1.165) is 10.9 Å². The molecule has 82 valence electrons. The monoisotopic (exact) mass is 285 g/mol. The van der Waals surface area contributed by atoms with Crippen molar-refractivity contribution in [3.05, 3.63) is 34.3 Å². The fraction of sp³-hybridized carbons (Fsp3) is 0.500. The molecule has 0 spiro atoms. The van der Waals surface area contributed by atoms with Gasteiger partial charge in [-0.05, 0) is 48.0 Å². The molecule has 0 aliphatic carbocycles. The molecule has 0 radical (unpaired) electrons. The molecular weight excluding hydrogens is 270 g/mol. The molecule has 0 amide bonds. The minimum atomic E-state index is 0.328. The molecule has 0 saturated carbocycles. The van der Waals surface area contributed by atoms with E-state index in [2.05, 4.69) is 40.2 Å². The smallest absolute Gasteiger partial charge is 0.0178 e. The van der Waals surface area contributed by atoms with Gasteiger partial charge in [0.05, 0.1) is 0 Å². The lowest BCUT2D eigenvalue weighted by atomic mass is 9.88. The van der Waals surface area contributed by atoms with Gasteiger partial charge in [-0.25, -0.2) is 0 Å². The van der Waals surface area contributed by atoms with Crippen LogP contribution in [0.3, 0.4) is 0 Å². The highest BCUT2D eigenvalue weighted by Gasteiger charge is 2.22. The van der Waals surface area contributed by atoms with Crippen LogP contribution in [0.1, 0.15) is 24.3 Å². The molecule has 1 fully saturated rings. The summed E-state index contributed by atoms with van der Waals surface area (Å²) in [5.74, 6) is 2.99. The van der Waals surface area contributed by atoms with Crippen LogP contribution < -0.4 is 5.73 Å². The molecule has 1 aliphatic heterocycles. The summed E-state index contributed by atoms with van der Waals surface area (Å²) in [5, 5.41) is 0. The first-order valence-corrected chi connectivity index (χ1v) is 7.31. The summed E-state index contributed by atoms with van der Waals surface area (Å²) >= 11 is 5.55. The van der Waals surface area contributed by atoms with E-state index in [1.165, 1.54) is 23.5 Å². The Kier molecular flexibility index (Phi) is 4.12. The Bertz CT molecular complexity index is 329. The van der Waals surface area contributed by atoms with E-state index >= 15 is 0 Å². The van der Waals surface area contributed by atoms with Crippen LogP contribution in [0.5, 0.6) is 0 Å². The van der Waals surface area contributed by atoms with Crippen molar-refractivity contribution in [1.82, 2.24) is 0 Å². The Hall–Kier alpha value is 0.01000. The minimum absolute atomic E-state index is 0.328. The van der Waals surface area contributed by atoms with E-state index in [1.807, 2.05) is 11.8 Å². The fourth-order valence-corrected chi connectivity index (χ4v) is 3.58. The molecule has 1 aliphatic rings. The van der Waals surface area contributed by atoms with Gasteiger partial charge in [0.1, 0.15) is 0 Å². The van der Waals surface area contributed by atoms with Gasteiger partial charge in [0.25, 0.3) is 0 Å². The second-order valence-corrected chi connectivity index (χ2v) is 6.16. The molecule has 1 saturated heterocycles. The van der Waals surface area contributed by atoms with Crippen LogP contribution in [-0.4, -0.2) is 17.5 Å². The maximum atomic E-state index is 6.23. The summed E-state index contributed by atoms with van der Waals surface area (Å²) in [4.78, 5) is 0. The average Bonchev–Trinajstić information content (AvgIpc) is 2.43. The van der Waals surface area contributed by atoms with Gasteiger partial charge in [-0.15, -0.1) is 0 Å². The highest BCUT2D eigenvalue weighted by atomic mass is 79.9. The SMILES string of the molecule is NC1CCSCCC1c1cccc(Br)c1. The molecule has 15 heavy (non-hydrogen) atoms. The molecule has 1 aromatic carbocycles. The van der Waals surface area contributed by atoms with E-state index in [4.69, 9.17) is 5.73 Å². The third-order valence-corrected chi connectivity index (χ3v) is 4.50. The van der Waals surface area contributed by atoms with Crippen LogP contribution in [0, 0.1) is 0 Å². The summed E-state index contributed by atoms with van der Waals surface area (Å²) in [5.41, 5.74) is 7.62. The summed E-state index contributed by atoms with van der Waals surface area (Å²) in [7, 11) is 0. The summed E-state index contributed by atoms with van der Waals surface area (Å²) in [6, 6.07) is 8.91. The number of benzene rings is 1. The standard InChI is InChI=1S/C12H16BrNS/c13-10-3-1-2-9(8-10)11-4-6-15-7-5-12(11)14/h1-3,8,11-12H,4-7,14H2. The molecule has 1 aromatic rings. The number of halogens is 1. The first-order chi connectivity index (χ1) is 7.27. The van der Waals surface area contributed by atoms with Crippen LogP contribution in [-0.2, 0) is 0 Å². The normalized spacial score (nSPS) is 27.3. The molecule has 2 rings (SSSR count). The van der Waals surface area contributed by atoms with Crippen molar-refractivity contribution in [1.29, 1.82) is 0 Å². The lowest BCUT2D eigenvalue weighted by Crippen LogP contribution is -2.28. The van der Waals surface area contributed by atoms with Crippen LogP contribution in [0.15, 0.2) is 28.7 Å². The predicted octanol–water partition coefficient (Wildman–Crippen LogP) is 3.39. The lowest BCUT2D eigenvalue weighted by Gasteiger charge is -2.21.